The number of carbonyl (C=O) groups excluding carboxylic acids is 1. The van der Waals surface area contributed by atoms with Gasteiger partial charge in [-0.25, -0.2) is 0 Å². The molecule has 1 heterocycles. The van der Waals surface area contributed by atoms with Gasteiger partial charge in [0.05, 0.1) is 6.54 Å². The van der Waals surface area contributed by atoms with Gasteiger partial charge in [0.1, 0.15) is 0 Å². The van der Waals surface area contributed by atoms with Crippen LogP contribution in [0.5, 0.6) is 0 Å². The van der Waals surface area contributed by atoms with Crippen LogP contribution in [0.3, 0.4) is 0 Å². The number of rotatable bonds is 6. The predicted octanol–water partition coefficient (Wildman–Crippen LogP) is 1.31. The lowest BCUT2D eigenvalue weighted by atomic mass is 9.92. The molecule has 0 saturated carbocycles. The molecule has 100 valence electrons. The van der Waals surface area contributed by atoms with Crippen LogP contribution >= 0.6 is 0 Å². The van der Waals surface area contributed by atoms with E-state index in [1.165, 1.54) is 0 Å². The van der Waals surface area contributed by atoms with E-state index in [1.807, 2.05) is 0 Å². The number of amides is 1. The molecule has 0 radical (unpaired) electrons. The summed E-state index contributed by atoms with van der Waals surface area (Å²) in [5.74, 6) is 0.731. The summed E-state index contributed by atoms with van der Waals surface area (Å²) in [6.45, 7) is 9.25. The highest BCUT2D eigenvalue weighted by Crippen LogP contribution is 2.18. The number of carbonyl (C=O) groups is 1. The lowest BCUT2D eigenvalue weighted by molar-refractivity contribution is -0.120. The Morgan fingerprint density at radius 3 is 2.59 bits per heavy atom. The van der Waals surface area contributed by atoms with Crippen LogP contribution in [0.4, 0.5) is 0 Å². The van der Waals surface area contributed by atoms with E-state index in [0.717, 1.165) is 39.0 Å². The van der Waals surface area contributed by atoms with Gasteiger partial charge in [-0.2, -0.15) is 0 Å². The van der Waals surface area contributed by atoms with Crippen LogP contribution in [-0.4, -0.2) is 37.7 Å². The molecule has 1 saturated heterocycles. The zero-order valence-electron chi connectivity index (χ0n) is 11.3. The standard InChI is InChI=1S/C13H26N2O2/c1-11(2)4-7-14-12(16)10-15-13(3)5-8-17-9-6-13/h11,15H,4-10H2,1-3H3,(H,14,16). The van der Waals surface area contributed by atoms with Crippen LogP contribution in [0.15, 0.2) is 0 Å². The molecule has 0 atom stereocenters. The Kier molecular flexibility index (Phi) is 5.92. The molecule has 0 aromatic rings. The fraction of sp³-hybridized carbons (Fsp3) is 0.923. The zero-order chi connectivity index (χ0) is 12.7. The van der Waals surface area contributed by atoms with Crippen LogP contribution in [0.2, 0.25) is 0 Å². The van der Waals surface area contributed by atoms with Crippen molar-refractivity contribution in [3.8, 4) is 0 Å². The summed E-state index contributed by atoms with van der Waals surface area (Å²) in [5, 5.41) is 6.28. The van der Waals surface area contributed by atoms with Gasteiger partial charge in [-0.05, 0) is 32.1 Å². The van der Waals surface area contributed by atoms with Crippen molar-refractivity contribution in [1.82, 2.24) is 10.6 Å². The molecule has 1 rings (SSSR count). The molecule has 1 aliphatic rings. The molecule has 0 aliphatic carbocycles. The quantitative estimate of drug-likeness (QED) is 0.738. The van der Waals surface area contributed by atoms with E-state index in [0.29, 0.717) is 12.5 Å². The second-order valence-electron chi connectivity index (χ2n) is 5.56. The minimum atomic E-state index is 0.0631. The van der Waals surface area contributed by atoms with Crippen LogP contribution < -0.4 is 10.6 Å². The predicted molar refractivity (Wildman–Crippen MR) is 68.9 cm³/mol. The Balaban J connectivity index is 2.14. The maximum atomic E-state index is 11.6. The minimum absolute atomic E-state index is 0.0631. The first-order chi connectivity index (χ1) is 8.02. The van der Waals surface area contributed by atoms with Crippen LogP contribution in [-0.2, 0) is 9.53 Å². The summed E-state index contributed by atoms with van der Waals surface area (Å²) in [6, 6.07) is 0. The molecule has 0 aromatic heterocycles. The Bertz CT molecular complexity index is 236. The molecule has 1 amide bonds. The maximum absolute atomic E-state index is 11.6. The van der Waals surface area contributed by atoms with E-state index >= 15 is 0 Å². The highest BCUT2D eigenvalue weighted by Gasteiger charge is 2.26. The van der Waals surface area contributed by atoms with Gasteiger partial charge in [0.25, 0.3) is 0 Å². The highest BCUT2D eigenvalue weighted by atomic mass is 16.5. The van der Waals surface area contributed by atoms with Crippen LogP contribution in [0.1, 0.15) is 40.0 Å². The summed E-state index contributed by atoms with van der Waals surface area (Å²) < 4.78 is 5.32. The maximum Gasteiger partial charge on any atom is 0.233 e. The lowest BCUT2D eigenvalue weighted by Crippen LogP contribution is -2.50. The minimum Gasteiger partial charge on any atom is -0.381 e. The summed E-state index contributed by atoms with van der Waals surface area (Å²) in [4.78, 5) is 11.6. The number of ether oxygens (including phenoxy) is 1. The van der Waals surface area contributed by atoms with Crippen molar-refractivity contribution in [2.45, 2.75) is 45.6 Å². The van der Waals surface area contributed by atoms with Gasteiger partial charge >= 0.3 is 0 Å². The molecule has 17 heavy (non-hydrogen) atoms. The van der Waals surface area contributed by atoms with Crippen molar-refractivity contribution in [2.75, 3.05) is 26.3 Å². The Morgan fingerprint density at radius 1 is 1.35 bits per heavy atom. The molecule has 4 heteroatoms. The average molecular weight is 242 g/mol. The van der Waals surface area contributed by atoms with E-state index < -0.39 is 0 Å². The summed E-state index contributed by atoms with van der Waals surface area (Å²) in [6.07, 6.45) is 3.00. The van der Waals surface area contributed by atoms with Gasteiger partial charge in [0.2, 0.25) is 5.91 Å². The van der Waals surface area contributed by atoms with Gasteiger partial charge in [-0.3, -0.25) is 4.79 Å². The molecule has 1 fully saturated rings. The van der Waals surface area contributed by atoms with E-state index in [2.05, 4.69) is 31.4 Å². The normalized spacial score (nSPS) is 19.3. The lowest BCUT2D eigenvalue weighted by Gasteiger charge is -2.34. The SMILES string of the molecule is CC(C)CCNC(=O)CNC1(C)CCOCC1. The average Bonchev–Trinajstić information content (AvgIpc) is 2.27. The number of nitrogens with one attached hydrogen (secondary N) is 2. The third kappa shape index (κ3) is 6.03. The van der Waals surface area contributed by atoms with Gasteiger partial charge in [-0.15, -0.1) is 0 Å². The van der Waals surface area contributed by atoms with Crippen molar-refractivity contribution in [3.63, 3.8) is 0 Å². The van der Waals surface area contributed by atoms with E-state index in [4.69, 9.17) is 4.74 Å². The van der Waals surface area contributed by atoms with Gasteiger partial charge in [0, 0.05) is 25.3 Å². The topological polar surface area (TPSA) is 50.4 Å². The van der Waals surface area contributed by atoms with Crippen molar-refractivity contribution in [2.24, 2.45) is 5.92 Å². The molecular formula is C13H26N2O2. The fourth-order valence-electron chi connectivity index (χ4n) is 1.86. The highest BCUT2D eigenvalue weighted by molar-refractivity contribution is 5.78. The van der Waals surface area contributed by atoms with E-state index in [1.54, 1.807) is 0 Å². The van der Waals surface area contributed by atoms with Crippen molar-refractivity contribution in [1.29, 1.82) is 0 Å². The van der Waals surface area contributed by atoms with Crippen molar-refractivity contribution >= 4 is 5.91 Å². The summed E-state index contributed by atoms with van der Waals surface area (Å²) >= 11 is 0. The summed E-state index contributed by atoms with van der Waals surface area (Å²) in [5.41, 5.74) is 0.0631. The largest absolute Gasteiger partial charge is 0.381 e. The van der Waals surface area contributed by atoms with Crippen molar-refractivity contribution in [3.05, 3.63) is 0 Å². The van der Waals surface area contributed by atoms with Gasteiger partial charge < -0.3 is 15.4 Å². The molecule has 4 nitrogen and oxygen atoms in total. The van der Waals surface area contributed by atoms with Crippen molar-refractivity contribution < 1.29 is 9.53 Å². The Hall–Kier alpha value is -0.610. The molecular weight excluding hydrogens is 216 g/mol. The molecule has 0 bridgehead atoms. The zero-order valence-corrected chi connectivity index (χ0v) is 11.3. The molecule has 0 aromatic carbocycles. The monoisotopic (exact) mass is 242 g/mol. The van der Waals surface area contributed by atoms with Gasteiger partial charge in [-0.1, -0.05) is 13.8 Å². The second-order valence-corrected chi connectivity index (χ2v) is 5.56. The second kappa shape index (κ2) is 6.97. The first kappa shape index (κ1) is 14.5. The molecule has 0 spiro atoms. The number of hydrogen-bond donors (Lipinski definition) is 2. The first-order valence-electron chi connectivity index (χ1n) is 6.61. The molecule has 1 aliphatic heterocycles. The fourth-order valence-corrected chi connectivity index (χ4v) is 1.86. The third-order valence-corrected chi connectivity index (χ3v) is 3.32. The first-order valence-corrected chi connectivity index (χ1v) is 6.61. The molecule has 2 N–H and O–H groups in total. The smallest absolute Gasteiger partial charge is 0.233 e. The van der Waals surface area contributed by atoms with E-state index in [-0.39, 0.29) is 11.4 Å². The Morgan fingerprint density at radius 2 is 2.00 bits per heavy atom. The van der Waals surface area contributed by atoms with Crippen LogP contribution in [0.25, 0.3) is 0 Å². The van der Waals surface area contributed by atoms with E-state index in [9.17, 15) is 4.79 Å². The Labute approximate surface area is 104 Å². The number of hydrogen-bond acceptors (Lipinski definition) is 3. The van der Waals surface area contributed by atoms with Gasteiger partial charge in [0.15, 0.2) is 0 Å². The molecule has 0 unspecified atom stereocenters. The summed E-state index contributed by atoms with van der Waals surface area (Å²) in [7, 11) is 0. The van der Waals surface area contributed by atoms with Crippen LogP contribution in [0, 0.1) is 5.92 Å². The third-order valence-electron chi connectivity index (χ3n) is 3.32.